The van der Waals surface area contributed by atoms with Gasteiger partial charge in [-0.3, -0.25) is 4.98 Å². The third-order valence-corrected chi connectivity index (χ3v) is 12.2. The Morgan fingerprint density at radius 1 is 0.612 bits per heavy atom. The number of nitriles is 1. The highest BCUT2D eigenvalue weighted by molar-refractivity contribution is 6.05. The first kappa shape index (κ1) is 27.3. The van der Waals surface area contributed by atoms with Crippen LogP contribution in [0.4, 0.5) is 0 Å². The van der Waals surface area contributed by atoms with E-state index in [1.54, 1.807) is 6.20 Å². The molecule has 6 nitrogen and oxygen atoms in total. The number of aromatic nitrogens is 4. The fraction of sp³-hybridized carbons (Fsp3) is 0.233. The molecule has 3 heterocycles. The molecule has 0 N–H and O–H groups in total. The smallest absolute Gasteiger partial charge is 0.164 e. The van der Waals surface area contributed by atoms with Gasteiger partial charge in [0.15, 0.2) is 17.5 Å². The molecule has 0 radical (unpaired) electrons. The van der Waals surface area contributed by atoms with E-state index in [4.69, 9.17) is 19.4 Å². The monoisotopic (exact) mass is 633 g/mol. The van der Waals surface area contributed by atoms with Gasteiger partial charge in [0.1, 0.15) is 17.2 Å². The van der Waals surface area contributed by atoms with E-state index in [0.29, 0.717) is 34.9 Å². The molecule has 4 aromatic carbocycles. The van der Waals surface area contributed by atoms with E-state index >= 15 is 0 Å². The average molecular weight is 634 g/mol. The normalized spacial score (nSPS) is 24.4. The highest BCUT2D eigenvalue weighted by atomic mass is 16.3. The van der Waals surface area contributed by atoms with Gasteiger partial charge in [-0.2, -0.15) is 5.26 Å². The van der Waals surface area contributed by atoms with Crippen LogP contribution in [0.25, 0.3) is 67.2 Å². The molecule has 0 saturated heterocycles. The van der Waals surface area contributed by atoms with E-state index in [0.717, 1.165) is 56.0 Å². The number of pyridine rings is 1. The predicted octanol–water partition coefficient (Wildman–Crippen LogP) is 9.76. The van der Waals surface area contributed by atoms with Gasteiger partial charge < -0.3 is 4.42 Å². The lowest BCUT2D eigenvalue weighted by Crippen LogP contribution is -2.55. The van der Waals surface area contributed by atoms with Gasteiger partial charge in [0.25, 0.3) is 0 Å². The third-order valence-electron chi connectivity index (χ3n) is 12.2. The minimum atomic E-state index is -0.127. The van der Waals surface area contributed by atoms with Crippen LogP contribution in [0.5, 0.6) is 0 Å². The maximum atomic E-state index is 10.3. The second kappa shape index (κ2) is 9.93. The summed E-state index contributed by atoms with van der Waals surface area (Å²) in [5, 5.41) is 12.4. The van der Waals surface area contributed by atoms with Crippen molar-refractivity contribution >= 4 is 21.9 Å². The van der Waals surface area contributed by atoms with Crippen molar-refractivity contribution in [2.45, 2.75) is 37.5 Å². The SMILES string of the molecule is N#Cc1cncc2c1-c1ccc(-c3nc(-c4ccccc4)nc(-c4ccc5c(c4)oc4ccccc45)n3)cc1C21C2CC3CC(C2)CC1C3. The molecule has 234 valence electrons. The maximum Gasteiger partial charge on any atom is 0.164 e. The van der Waals surface area contributed by atoms with Crippen LogP contribution in [0.1, 0.15) is 48.8 Å². The Bertz CT molecular complexity index is 2520. The molecule has 0 amide bonds. The summed E-state index contributed by atoms with van der Waals surface area (Å²) in [7, 11) is 0. The molecule has 12 rings (SSSR count). The Morgan fingerprint density at radius 2 is 1.27 bits per heavy atom. The molecule has 4 saturated carbocycles. The third kappa shape index (κ3) is 3.76. The van der Waals surface area contributed by atoms with E-state index in [1.807, 2.05) is 54.6 Å². The van der Waals surface area contributed by atoms with Crippen molar-refractivity contribution in [2.24, 2.45) is 23.7 Å². The van der Waals surface area contributed by atoms with Crippen LogP contribution in [0, 0.1) is 35.0 Å². The van der Waals surface area contributed by atoms with Crippen molar-refractivity contribution in [2.75, 3.05) is 0 Å². The molecular formula is C43H31N5O. The predicted molar refractivity (Wildman–Crippen MR) is 189 cm³/mol. The van der Waals surface area contributed by atoms with Crippen LogP contribution >= 0.6 is 0 Å². The molecule has 49 heavy (non-hydrogen) atoms. The van der Waals surface area contributed by atoms with Gasteiger partial charge in [-0.05, 0) is 96.7 Å². The molecule has 7 aromatic rings. The summed E-state index contributed by atoms with van der Waals surface area (Å²) < 4.78 is 6.26. The molecule has 6 heteroatoms. The van der Waals surface area contributed by atoms with Crippen molar-refractivity contribution in [1.82, 2.24) is 19.9 Å². The molecule has 5 aliphatic rings. The minimum Gasteiger partial charge on any atom is -0.456 e. The Kier molecular flexibility index (Phi) is 5.53. The fourth-order valence-electron chi connectivity index (χ4n) is 10.6. The lowest BCUT2D eigenvalue weighted by atomic mass is 9.43. The number of fused-ring (bicyclic) bond motifs is 6. The Labute approximate surface area is 283 Å². The number of hydrogen-bond acceptors (Lipinski definition) is 6. The zero-order valence-corrected chi connectivity index (χ0v) is 26.8. The van der Waals surface area contributed by atoms with Gasteiger partial charge in [0.05, 0.1) is 5.56 Å². The first-order valence-corrected chi connectivity index (χ1v) is 17.4. The second-order valence-corrected chi connectivity index (χ2v) is 14.6. The van der Waals surface area contributed by atoms with Crippen molar-refractivity contribution in [1.29, 1.82) is 5.26 Å². The van der Waals surface area contributed by atoms with Gasteiger partial charge in [-0.15, -0.1) is 0 Å². The van der Waals surface area contributed by atoms with Crippen molar-refractivity contribution in [3.63, 3.8) is 0 Å². The molecule has 4 bridgehead atoms. The summed E-state index contributed by atoms with van der Waals surface area (Å²) in [4.78, 5) is 20.0. The summed E-state index contributed by atoms with van der Waals surface area (Å²) >= 11 is 0. The van der Waals surface area contributed by atoms with Crippen LogP contribution < -0.4 is 0 Å². The summed E-state index contributed by atoms with van der Waals surface area (Å²) in [5.74, 6) is 4.63. The number of furan rings is 1. The van der Waals surface area contributed by atoms with E-state index in [1.165, 1.54) is 48.8 Å². The Morgan fingerprint density at radius 3 is 2.02 bits per heavy atom. The zero-order chi connectivity index (χ0) is 32.3. The number of nitrogens with zero attached hydrogens (tertiary/aromatic N) is 5. The standard InChI is InChI=1S/C43H31N5O/c44-21-29-22-45-23-36-39(29)34-13-11-27(19-35(34)43(36)30-15-24-14-25(17-30)18-31(43)16-24)41-46-40(26-6-2-1-3-7-26)47-42(48-41)28-10-12-33-32-8-4-5-9-37(32)49-38(33)20-28/h1-13,19-20,22-25,30-31H,14-18H2. The van der Waals surface area contributed by atoms with Crippen LogP contribution in [0.3, 0.4) is 0 Å². The van der Waals surface area contributed by atoms with Gasteiger partial charge in [0.2, 0.25) is 0 Å². The molecule has 0 atom stereocenters. The van der Waals surface area contributed by atoms with E-state index in [2.05, 4.69) is 53.6 Å². The highest BCUT2D eigenvalue weighted by Gasteiger charge is 2.62. The molecule has 0 aliphatic heterocycles. The highest BCUT2D eigenvalue weighted by Crippen LogP contribution is 2.69. The van der Waals surface area contributed by atoms with Gasteiger partial charge >= 0.3 is 0 Å². The molecule has 4 fully saturated rings. The van der Waals surface area contributed by atoms with Crippen molar-refractivity contribution in [3.8, 4) is 51.4 Å². The fourth-order valence-corrected chi connectivity index (χ4v) is 10.6. The lowest BCUT2D eigenvalue weighted by molar-refractivity contribution is -0.0400. The second-order valence-electron chi connectivity index (χ2n) is 14.6. The number of para-hydroxylation sites is 1. The van der Waals surface area contributed by atoms with Crippen molar-refractivity contribution < 1.29 is 4.42 Å². The molecular weight excluding hydrogens is 603 g/mol. The van der Waals surface area contributed by atoms with Crippen molar-refractivity contribution in [3.05, 3.63) is 120 Å². The first-order chi connectivity index (χ1) is 24.2. The number of hydrogen-bond donors (Lipinski definition) is 0. The molecule has 3 aromatic heterocycles. The minimum absolute atomic E-state index is 0.127. The van der Waals surface area contributed by atoms with E-state index in [9.17, 15) is 5.26 Å². The lowest BCUT2D eigenvalue weighted by Gasteiger charge is -2.61. The Hall–Kier alpha value is -5.67. The van der Waals surface area contributed by atoms with Gasteiger partial charge in [-0.1, -0.05) is 66.7 Å². The summed E-state index contributed by atoms with van der Waals surface area (Å²) in [6.07, 6.45) is 10.2. The van der Waals surface area contributed by atoms with Gasteiger partial charge in [0, 0.05) is 50.8 Å². The van der Waals surface area contributed by atoms with Gasteiger partial charge in [-0.25, -0.2) is 15.0 Å². The summed E-state index contributed by atoms with van der Waals surface area (Å²) in [6, 6.07) is 33.7. The van der Waals surface area contributed by atoms with Crippen LogP contribution in [0.15, 0.2) is 108 Å². The number of rotatable bonds is 3. The topological polar surface area (TPSA) is 88.5 Å². The summed E-state index contributed by atoms with van der Waals surface area (Å²) in [6.45, 7) is 0. The number of benzene rings is 4. The zero-order valence-electron chi connectivity index (χ0n) is 26.8. The van der Waals surface area contributed by atoms with Crippen LogP contribution in [-0.4, -0.2) is 19.9 Å². The average Bonchev–Trinajstić information content (AvgIpc) is 3.67. The Balaban J connectivity index is 1.12. The molecule has 5 aliphatic carbocycles. The quantitative estimate of drug-likeness (QED) is 0.192. The maximum absolute atomic E-state index is 10.3. The van der Waals surface area contributed by atoms with Crippen LogP contribution in [-0.2, 0) is 5.41 Å². The first-order valence-electron chi connectivity index (χ1n) is 17.4. The largest absolute Gasteiger partial charge is 0.456 e. The van der Waals surface area contributed by atoms with Crippen LogP contribution in [0.2, 0.25) is 0 Å². The molecule has 1 spiro atoms. The van der Waals surface area contributed by atoms with E-state index < -0.39 is 0 Å². The summed E-state index contributed by atoms with van der Waals surface area (Å²) in [5.41, 5.74) is 9.88. The molecule has 0 unspecified atom stereocenters. The van der Waals surface area contributed by atoms with E-state index in [-0.39, 0.29) is 5.41 Å².